The van der Waals surface area contributed by atoms with Crippen LogP contribution in [0.3, 0.4) is 0 Å². The van der Waals surface area contributed by atoms with Gasteiger partial charge >= 0.3 is 5.97 Å². The molecule has 2 aromatic rings. The molecule has 0 unspecified atom stereocenters. The summed E-state index contributed by atoms with van der Waals surface area (Å²) in [6.45, 7) is 1.42. The molecule has 0 amide bonds. The van der Waals surface area contributed by atoms with Crippen LogP contribution in [0.5, 0.6) is 17.2 Å². The molecule has 0 radical (unpaired) electrons. The first-order valence-corrected chi connectivity index (χ1v) is 7.27. The SMILES string of the molecule is COc1ccc(C=CC(=O)Oc2ccccc2C(C)=O)cc1OC. The number of benzene rings is 2. The lowest BCUT2D eigenvalue weighted by atomic mass is 10.1. The van der Waals surface area contributed by atoms with Gasteiger partial charge in [0.15, 0.2) is 17.3 Å². The Balaban J connectivity index is 2.13. The summed E-state index contributed by atoms with van der Waals surface area (Å²) >= 11 is 0. The van der Waals surface area contributed by atoms with Gasteiger partial charge in [-0.25, -0.2) is 4.79 Å². The van der Waals surface area contributed by atoms with Crippen molar-refractivity contribution in [3.63, 3.8) is 0 Å². The van der Waals surface area contributed by atoms with Gasteiger partial charge in [0.05, 0.1) is 19.8 Å². The van der Waals surface area contributed by atoms with Crippen LogP contribution in [0.15, 0.2) is 48.5 Å². The molecule has 0 aliphatic carbocycles. The predicted molar refractivity (Wildman–Crippen MR) is 90.7 cm³/mol. The third-order valence-electron chi connectivity index (χ3n) is 3.30. The van der Waals surface area contributed by atoms with E-state index in [2.05, 4.69) is 0 Å². The van der Waals surface area contributed by atoms with E-state index in [1.165, 1.54) is 20.1 Å². The monoisotopic (exact) mass is 326 g/mol. The average molecular weight is 326 g/mol. The van der Waals surface area contributed by atoms with Gasteiger partial charge in [-0.15, -0.1) is 0 Å². The number of hydrogen-bond acceptors (Lipinski definition) is 5. The average Bonchev–Trinajstić information content (AvgIpc) is 2.59. The normalized spacial score (nSPS) is 10.5. The Hall–Kier alpha value is -3.08. The molecule has 2 aromatic carbocycles. The van der Waals surface area contributed by atoms with Crippen molar-refractivity contribution >= 4 is 17.8 Å². The summed E-state index contributed by atoms with van der Waals surface area (Å²) in [4.78, 5) is 23.5. The van der Waals surface area contributed by atoms with Crippen LogP contribution in [-0.4, -0.2) is 26.0 Å². The first kappa shape index (κ1) is 17.3. The lowest BCUT2D eigenvalue weighted by Gasteiger charge is -2.08. The zero-order valence-corrected chi connectivity index (χ0v) is 13.7. The second-order valence-electron chi connectivity index (χ2n) is 4.92. The molecule has 0 N–H and O–H groups in total. The summed E-state index contributed by atoms with van der Waals surface area (Å²) in [6.07, 6.45) is 2.89. The molecule has 5 nitrogen and oxygen atoms in total. The first-order chi connectivity index (χ1) is 11.5. The lowest BCUT2D eigenvalue weighted by Crippen LogP contribution is -2.07. The third-order valence-corrected chi connectivity index (χ3v) is 3.30. The van der Waals surface area contributed by atoms with Crippen LogP contribution in [0.4, 0.5) is 0 Å². The summed E-state index contributed by atoms with van der Waals surface area (Å²) < 4.78 is 15.6. The summed E-state index contributed by atoms with van der Waals surface area (Å²) in [5.41, 5.74) is 1.12. The van der Waals surface area contributed by atoms with E-state index in [0.717, 1.165) is 5.56 Å². The fourth-order valence-electron chi connectivity index (χ4n) is 2.11. The summed E-state index contributed by atoms with van der Waals surface area (Å²) in [7, 11) is 3.09. The van der Waals surface area contributed by atoms with Crippen molar-refractivity contribution < 1.29 is 23.8 Å². The Labute approximate surface area is 140 Å². The second kappa shape index (κ2) is 7.97. The van der Waals surface area contributed by atoms with Crippen LogP contribution in [0.25, 0.3) is 6.08 Å². The molecular formula is C19H18O5. The van der Waals surface area contributed by atoms with Gasteiger partial charge in [0.1, 0.15) is 5.75 Å². The number of methoxy groups -OCH3 is 2. The number of carbonyl (C=O) groups is 2. The number of ketones is 1. The molecule has 0 spiro atoms. The Kier molecular flexibility index (Phi) is 5.73. The number of carbonyl (C=O) groups excluding carboxylic acids is 2. The van der Waals surface area contributed by atoms with Crippen LogP contribution >= 0.6 is 0 Å². The van der Waals surface area contributed by atoms with Crippen molar-refractivity contribution in [2.24, 2.45) is 0 Å². The molecule has 0 bridgehead atoms. The van der Waals surface area contributed by atoms with E-state index >= 15 is 0 Å². The van der Waals surface area contributed by atoms with E-state index in [1.54, 1.807) is 55.7 Å². The molecule has 5 heteroatoms. The van der Waals surface area contributed by atoms with Crippen molar-refractivity contribution in [3.8, 4) is 17.2 Å². The van der Waals surface area contributed by atoms with Gasteiger partial charge in [-0.1, -0.05) is 18.2 Å². The van der Waals surface area contributed by atoms with Gasteiger partial charge in [0.25, 0.3) is 0 Å². The van der Waals surface area contributed by atoms with Crippen molar-refractivity contribution in [1.29, 1.82) is 0 Å². The van der Waals surface area contributed by atoms with Crippen molar-refractivity contribution in [1.82, 2.24) is 0 Å². The Morgan fingerprint density at radius 3 is 2.29 bits per heavy atom. The maximum Gasteiger partial charge on any atom is 0.336 e. The second-order valence-corrected chi connectivity index (χ2v) is 4.92. The van der Waals surface area contributed by atoms with Crippen LogP contribution < -0.4 is 14.2 Å². The van der Waals surface area contributed by atoms with E-state index < -0.39 is 5.97 Å². The van der Waals surface area contributed by atoms with E-state index in [1.807, 2.05) is 0 Å². The minimum Gasteiger partial charge on any atom is -0.493 e. The molecule has 24 heavy (non-hydrogen) atoms. The standard InChI is InChI=1S/C19H18O5/c1-13(20)15-6-4-5-7-16(15)24-19(21)11-9-14-8-10-17(22-2)18(12-14)23-3/h4-12H,1-3H3. The topological polar surface area (TPSA) is 61.8 Å². The highest BCUT2D eigenvalue weighted by molar-refractivity contribution is 5.98. The van der Waals surface area contributed by atoms with Gasteiger partial charge in [-0.2, -0.15) is 0 Å². The molecule has 0 heterocycles. The number of ether oxygens (including phenoxy) is 3. The van der Waals surface area contributed by atoms with Gasteiger partial charge in [0.2, 0.25) is 0 Å². The van der Waals surface area contributed by atoms with E-state index in [9.17, 15) is 9.59 Å². The van der Waals surface area contributed by atoms with Crippen molar-refractivity contribution in [2.75, 3.05) is 14.2 Å². The number of esters is 1. The Bertz CT molecular complexity index is 777. The molecular weight excluding hydrogens is 308 g/mol. The van der Waals surface area contributed by atoms with Gasteiger partial charge < -0.3 is 14.2 Å². The van der Waals surface area contributed by atoms with Gasteiger partial charge in [0, 0.05) is 6.08 Å². The molecule has 0 aliphatic rings. The van der Waals surface area contributed by atoms with Crippen LogP contribution in [-0.2, 0) is 4.79 Å². The first-order valence-electron chi connectivity index (χ1n) is 7.27. The fourth-order valence-corrected chi connectivity index (χ4v) is 2.11. The smallest absolute Gasteiger partial charge is 0.336 e. The fraction of sp³-hybridized carbons (Fsp3) is 0.158. The molecule has 0 saturated carbocycles. The third kappa shape index (κ3) is 4.23. The minimum absolute atomic E-state index is 0.165. The zero-order chi connectivity index (χ0) is 17.5. The maximum absolute atomic E-state index is 12.0. The Morgan fingerprint density at radius 2 is 1.62 bits per heavy atom. The van der Waals surface area contributed by atoms with Crippen LogP contribution in [0, 0.1) is 0 Å². The highest BCUT2D eigenvalue weighted by Crippen LogP contribution is 2.28. The minimum atomic E-state index is -0.571. The quantitative estimate of drug-likeness (QED) is 0.352. The summed E-state index contributed by atoms with van der Waals surface area (Å²) in [5.74, 6) is 0.676. The maximum atomic E-state index is 12.0. The van der Waals surface area contributed by atoms with Crippen LogP contribution in [0.1, 0.15) is 22.8 Å². The molecule has 0 fully saturated rings. The molecule has 0 saturated heterocycles. The van der Waals surface area contributed by atoms with E-state index in [4.69, 9.17) is 14.2 Å². The largest absolute Gasteiger partial charge is 0.493 e. The Morgan fingerprint density at radius 1 is 0.917 bits per heavy atom. The van der Waals surface area contributed by atoms with Gasteiger partial charge in [-0.05, 0) is 42.8 Å². The predicted octanol–water partition coefficient (Wildman–Crippen LogP) is 3.53. The molecule has 0 aromatic heterocycles. The number of rotatable bonds is 6. The number of Topliss-reactive ketones (excluding diaryl/α,β-unsaturated/α-hetero) is 1. The van der Waals surface area contributed by atoms with E-state index in [-0.39, 0.29) is 11.5 Å². The number of para-hydroxylation sites is 1. The highest BCUT2D eigenvalue weighted by atomic mass is 16.5. The molecule has 2 rings (SSSR count). The van der Waals surface area contributed by atoms with Gasteiger partial charge in [-0.3, -0.25) is 4.79 Å². The van der Waals surface area contributed by atoms with Crippen molar-refractivity contribution in [2.45, 2.75) is 6.92 Å². The zero-order valence-electron chi connectivity index (χ0n) is 13.7. The number of hydrogen-bond donors (Lipinski definition) is 0. The molecule has 0 aliphatic heterocycles. The summed E-state index contributed by atoms with van der Waals surface area (Å²) in [5, 5.41) is 0. The lowest BCUT2D eigenvalue weighted by molar-refractivity contribution is -0.128. The van der Waals surface area contributed by atoms with Crippen molar-refractivity contribution in [3.05, 3.63) is 59.7 Å². The highest BCUT2D eigenvalue weighted by Gasteiger charge is 2.10. The molecule has 124 valence electrons. The summed E-state index contributed by atoms with van der Waals surface area (Å²) in [6, 6.07) is 11.9. The van der Waals surface area contributed by atoms with E-state index in [0.29, 0.717) is 17.1 Å². The van der Waals surface area contributed by atoms with Crippen LogP contribution in [0.2, 0.25) is 0 Å². The molecule has 0 atom stereocenters.